The van der Waals surface area contributed by atoms with Crippen LogP contribution >= 0.6 is 15.9 Å². The molecule has 0 spiro atoms. The third-order valence-corrected chi connectivity index (χ3v) is 3.71. The van der Waals surface area contributed by atoms with Crippen molar-refractivity contribution < 1.29 is 17.9 Å². The van der Waals surface area contributed by atoms with Gasteiger partial charge in [0.2, 0.25) is 10.0 Å². The Labute approximate surface area is 108 Å². The van der Waals surface area contributed by atoms with Gasteiger partial charge in [-0.2, -0.15) is 4.72 Å². The zero-order valence-electron chi connectivity index (χ0n) is 9.14. The van der Waals surface area contributed by atoms with Crippen LogP contribution in [-0.2, 0) is 19.6 Å². The minimum atomic E-state index is -3.68. The average molecular weight is 322 g/mol. The summed E-state index contributed by atoms with van der Waals surface area (Å²) < 4.78 is 30.9. The quantitative estimate of drug-likeness (QED) is 0.829. The van der Waals surface area contributed by atoms with Crippen molar-refractivity contribution in [3.63, 3.8) is 0 Å². The number of ether oxygens (including phenoxy) is 1. The van der Waals surface area contributed by atoms with Crippen LogP contribution < -0.4 is 4.72 Å². The molecule has 94 valence electrons. The average Bonchev–Trinajstić information content (AvgIpc) is 2.27. The van der Waals surface area contributed by atoms with E-state index in [0.717, 1.165) is 0 Å². The van der Waals surface area contributed by atoms with Gasteiger partial charge < -0.3 is 4.74 Å². The number of halogens is 1. The molecule has 7 heteroatoms. The lowest BCUT2D eigenvalue weighted by Gasteiger charge is -2.06. The molecule has 0 fully saturated rings. The van der Waals surface area contributed by atoms with Gasteiger partial charge in [0, 0.05) is 4.47 Å². The van der Waals surface area contributed by atoms with Gasteiger partial charge in [-0.1, -0.05) is 22.0 Å². The van der Waals surface area contributed by atoms with E-state index in [1.807, 2.05) is 0 Å². The van der Waals surface area contributed by atoms with Gasteiger partial charge >= 0.3 is 5.97 Å². The minimum absolute atomic E-state index is 0.0937. The van der Waals surface area contributed by atoms with E-state index in [1.54, 1.807) is 19.1 Å². The fraction of sp³-hybridized carbons (Fsp3) is 0.300. The van der Waals surface area contributed by atoms with Crippen LogP contribution in [0.3, 0.4) is 0 Å². The van der Waals surface area contributed by atoms with Crippen LogP contribution in [0.5, 0.6) is 0 Å². The Morgan fingerprint density at radius 3 is 2.76 bits per heavy atom. The topological polar surface area (TPSA) is 72.5 Å². The van der Waals surface area contributed by atoms with Crippen molar-refractivity contribution in [2.24, 2.45) is 0 Å². The molecule has 0 aliphatic carbocycles. The summed E-state index contributed by atoms with van der Waals surface area (Å²) >= 11 is 3.18. The highest BCUT2D eigenvalue weighted by Crippen LogP contribution is 2.15. The first-order valence-electron chi connectivity index (χ1n) is 4.86. The number of benzene rings is 1. The molecule has 1 rings (SSSR count). The van der Waals surface area contributed by atoms with Crippen molar-refractivity contribution in [3.8, 4) is 0 Å². The number of rotatable bonds is 5. The molecule has 0 atom stereocenters. The van der Waals surface area contributed by atoms with E-state index in [-0.39, 0.29) is 18.0 Å². The SMILES string of the molecule is CCOC(=O)CNS(=O)(=O)c1cccc(Br)c1. The molecule has 0 saturated heterocycles. The molecule has 0 radical (unpaired) electrons. The van der Waals surface area contributed by atoms with Crippen molar-refractivity contribution in [2.75, 3.05) is 13.2 Å². The van der Waals surface area contributed by atoms with Gasteiger partial charge in [-0.3, -0.25) is 4.79 Å². The van der Waals surface area contributed by atoms with Crippen LogP contribution in [-0.4, -0.2) is 27.5 Å². The van der Waals surface area contributed by atoms with Crippen molar-refractivity contribution in [3.05, 3.63) is 28.7 Å². The fourth-order valence-corrected chi connectivity index (χ4v) is 2.65. The number of esters is 1. The number of hydrogen-bond donors (Lipinski definition) is 1. The summed E-state index contributed by atoms with van der Waals surface area (Å²) in [7, 11) is -3.68. The normalized spacial score (nSPS) is 11.2. The predicted molar refractivity (Wildman–Crippen MR) is 66.0 cm³/mol. The number of carbonyl (C=O) groups is 1. The monoisotopic (exact) mass is 321 g/mol. The molecular weight excluding hydrogens is 310 g/mol. The standard InChI is InChI=1S/C10H12BrNO4S/c1-2-16-10(13)7-12-17(14,15)9-5-3-4-8(11)6-9/h3-6,12H,2,7H2,1H3. The van der Waals surface area contributed by atoms with Gasteiger partial charge in [0.25, 0.3) is 0 Å². The summed E-state index contributed by atoms with van der Waals surface area (Å²) in [4.78, 5) is 11.1. The summed E-state index contributed by atoms with van der Waals surface area (Å²) in [6.07, 6.45) is 0. The van der Waals surface area contributed by atoms with Gasteiger partial charge in [0.05, 0.1) is 11.5 Å². The van der Waals surface area contributed by atoms with Crippen LogP contribution in [0.1, 0.15) is 6.92 Å². The van der Waals surface area contributed by atoms with Gasteiger partial charge in [0.1, 0.15) is 6.54 Å². The van der Waals surface area contributed by atoms with E-state index in [1.165, 1.54) is 12.1 Å². The maximum absolute atomic E-state index is 11.8. The van der Waals surface area contributed by atoms with E-state index >= 15 is 0 Å². The van der Waals surface area contributed by atoms with Crippen molar-refractivity contribution >= 4 is 31.9 Å². The van der Waals surface area contributed by atoms with E-state index in [0.29, 0.717) is 4.47 Å². The lowest BCUT2D eigenvalue weighted by Crippen LogP contribution is -2.30. The highest BCUT2D eigenvalue weighted by Gasteiger charge is 2.15. The Morgan fingerprint density at radius 1 is 1.47 bits per heavy atom. The summed E-state index contributed by atoms with van der Waals surface area (Å²) in [6, 6.07) is 6.21. The maximum Gasteiger partial charge on any atom is 0.321 e. The first-order chi connectivity index (χ1) is 7.95. The van der Waals surface area contributed by atoms with Crippen LogP contribution in [0.25, 0.3) is 0 Å². The Hall–Kier alpha value is -0.920. The van der Waals surface area contributed by atoms with Gasteiger partial charge in [-0.25, -0.2) is 8.42 Å². The molecule has 5 nitrogen and oxygen atoms in total. The number of hydrogen-bond acceptors (Lipinski definition) is 4. The fourth-order valence-electron chi connectivity index (χ4n) is 1.08. The first-order valence-corrected chi connectivity index (χ1v) is 7.14. The molecule has 0 heterocycles. The van der Waals surface area contributed by atoms with Crippen molar-refractivity contribution in [2.45, 2.75) is 11.8 Å². The molecule has 0 aliphatic rings. The third-order valence-electron chi connectivity index (χ3n) is 1.82. The lowest BCUT2D eigenvalue weighted by molar-refractivity contribution is -0.141. The van der Waals surface area contributed by atoms with E-state index in [2.05, 4.69) is 25.4 Å². The second-order valence-corrected chi connectivity index (χ2v) is 5.77. The van der Waals surface area contributed by atoms with Crippen molar-refractivity contribution in [1.29, 1.82) is 0 Å². The number of carbonyl (C=O) groups excluding carboxylic acids is 1. The summed E-state index contributed by atoms with van der Waals surface area (Å²) in [6.45, 7) is 1.50. The Kier molecular flexibility index (Phi) is 5.10. The molecule has 0 aromatic heterocycles. The smallest absolute Gasteiger partial charge is 0.321 e. The molecule has 17 heavy (non-hydrogen) atoms. The highest BCUT2D eigenvalue weighted by molar-refractivity contribution is 9.10. The predicted octanol–water partition coefficient (Wildman–Crippen LogP) is 1.29. The maximum atomic E-state index is 11.8. The molecule has 0 saturated carbocycles. The molecule has 1 aromatic rings. The van der Waals surface area contributed by atoms with Crippen LogP contribution in [0.15, 0.2) is 33.6 Å². The van der Waals surface area contributed by atoms with E-state index in [9.17, 15) is 13.2 Å². The number of sulfonamides is 1. The molecule has 0 aliphatic heterocycles. The molecule has 0 unspecified atom stereocenters. The minimum Gasteiger partial charge on any atom is -0.465 e. The van der Waals surface area contributed by atoms with E-state index in [4.69, 9.17) is 0 Å². The second kappa shape index (κ2) is 6.13. The summed E-state index contributed by atoms with van der Waals surface area (Å²) in [5.41, 5.74) is 0. The van der Waals surface area contributed by atoms with E-state index < -0.39 is 16.0 Å². The molecule has 0 amide bonds. The van der Waals surface area contributed by atoms with Crippen LogP contribution in [0.2, 0.25) is 0 Å². The largest absolute Gasteiger partial charge is 0.465 e. The zero-order chi connectivity index (χ0) is 12.9. The summed E-state index contributed by atoms with van der Waals surface area (Å²) in [5, 5.41) is 0. The van der Waals surface area contributed by atoms with Crippen molar-refractivity contribution in [1.82, 2.24) is 4.72 Å². The molecule has 1 aromatic carbocycles. The first kappa shape index (κ1) is 14.1. The highest BCUT2D eigenvalue weighted by atomic mass is 79.9. The molecular formula is C10H12BrNO4S. The Morgan fingerprint density at radius 2 is 2.18 bits per heavy atom. The van der Waals surface area contributed by atoms with Crippen LogP contribution in [0.4, 0.5) is 0 Å². The Balaban J connectivity index is 2.73. The number of nitrogens with one attached hydrogen (secondary N) is 1. The zero-order valence-corrected chi connectivity index (χ0v) is 11.5. The second-order valence-electron chi connectivity index (χ2n) is 3.09. The van der Waals surface area contributed by atoms with Gasteiger partial charge in [-0.15, -0.1) is 0 Å². The summed E-state index contributed by atoms with van der Waals surface area (Å²) in [5.74, 6) is -0.605. The molecule has 1 N–H and O–H groups in total. The van der Waals surface area contributed by atoms with Gasteiger partial charge in [-0.05, 0) is 25.1 Å². The third kappa shape index (κ3) is 4.45. The Bertz CT molecular complexity index is 501. The molecule has 0 bridgehead atoms. The van der Waals surface area contributed by atoms with Crippen LogP contribution in [0, 0.1) is 0 Å². The van der Waals surface area contributed by atoms with Gasteiger partial charge in [0.15, 0.2) is 0 Å². The lowest BCUT2D eigenvalue weighted by atomic mass is 10.4.